The molecule has 3 rings (SSSR count). The van der Waals surface area contributed by atoms with E-state index in [1.54, 1.807) is 0 Å². The zero-order chi connectivity index (χ0) is 19.9. The molecule has 0 N–H and O–H groups in total. The molecule has 0 aliphatic heterocycles. The van der Waals surface area contributed by atoms with Gasteiger partial charge in [0.2, 0.25) is 5.95 Å². The maximum Gasteiger partial charge on any atom is 0.251 e. The first-order chi connectivity index (χ1) is 13.6. The van der Waals surface area contributed by atoms with Gasteiger partial charge in [-0.25, -0.2) is 4.39 Å². The Kier molecular flexibility index (Phi) is 8.23. The highest BCUT2D eigenvalue weighted by molar-refractivity contribution is 5.13. The molecule has 0 atom stereocenters. The Bertz CT molecular complexity index is 602. The molecule has 2 saturated carbocycles. The molecule has 0 aromatic carbocycles. The summed E-state index contributed by atoms with van der Waals surface area (Å²) in [6.07, 6.45) is 17.5. The minimum atomic E-state index is -1.35. The smallest absolute Gasteiger partial charge is 0.202 e. The van der Waals surface area contributed by atoms with Gasteiger partial charge in [0, 0.05) is 5.56 Å². The molecular formula is C24H36F3N. The second-order valence-corrected chi connectivity index (χ2v) is 9.31. The second-order valence-electron chi connectivity index (χ2n) is 9.31. The standard InChI is InChI=1S/C24H36F3N/c1-2-3-4-5-17-6-11-19(12-7-17)20-13-8-18(9-14-20)10-15-21-16-22(25)24(27)28-23(21)26/h16-20H,2-15H2,1H3/t17-,18?,19-,20?. The third-order valence-electron chi connectivity index (χ3n) is 7.45. The summed E-state index contributed by atoms with van der Waals surface area (Å²) in [5.74, 6) is 0.0779. The quantitative estimate of drug-likeness (QED) is 0.326. The minimum absolute atomic E-state index is 0.211. The van der Waals surface area contributed by atoms with E-state index in [4.69, 9.17) is 0 Å². The van der Waals surface area contributed by atoms with E-state index in [1.807, 2.05) is 0 Å². The lowest BCUT2D eigenvalue weighted by atomic mass is 9.68. The van der Waals surface area contributed by atoms with E-state index < -0.39 is 17.7 Å². The van der Waals surface area contributed by atoms with Gasteiger partial charge in [-0.3, -0.25) is 0 Å². The Morgan fingerprint density at radius 1 is 0.786 bits per heavy atom. The molecule has 28 heavy (non-hydrogen) atoms. The number of nitrogens with zero attached hydrogens (tertiary/aromatic N) is 1. The van der Waals surface area contributed by atoms with Crippen molar-refractivity contribution in [2.45, 2.75) is 96.8 Å². The third-order valence-corrected chi connectivity index (χ3v) is 7.45. The van der Waals surface area contributed by atoms with Crippen molar-refractivity contribution in [2.24, 2.45) is 23.7 Å². The van der Waals surface area contributed by atoms with Gasteiger partial charge in [-0.15, -0.1) is 0 Å². The van der Waals surface area contributed by atoms with Crippen molar-refractivity contribution in [1.29, 1.82) is 0 Å². The molecular weight excluding hydrogens is 359 g/mol. The number of unbranched alkanes of at least 4 members (excludes halogenated alkanes) is 2. The first-order valence-electron chi connectivity index (χ1n) is 11.6. The molecule has 2 fully saturated rings. The zero-order valence-corrected chi connectivity index (χ0v) is 17.4. The van der Waals surface area contributed by atoms with Crippen LogP contribution in [0.4, 0.5) is 13.2 Å². The van der Waals surface area contributed by atoms with E-state index in [2.05, 4.69) is 11.9 Å². The summed E-state index contributed by atoms with van der Waals surface area (Å²) in [5, 5.41) is 0. The summed E-state index contributed by atoms with van der Waals surface area (Å²) in [5.41, 5.74) is 0.211. The molecule has 158 valence electrons. The van der Waals surface area contributed by atoms with Gasteiger partial charge in [0.15, 0.2) is 5.82 Å². The van der Waals surface area contributed by atoms with Gasteiger partial charge in [0.1, 0.15) is 0 Å². The van der Waals surface area contributed by atoms with E-state index in [0.717, 1.165) is 30.2 Å². The normalized spacial score (nSPS) is 28.4. The van der Waals surface area contributed by atoms with Crippen LogP contribution in [0, 0.1) is 41.4 Å². The number of hydrogen-bond donors (Lipinski definition) is 0. The van der Waals surface area contributed by atoms with Crippen molar-refractivity contribution in [3.05, 3.63) is 29.3 Å². The minimum Gasteiger partial charge on any atom is -0.202 e. The number of halogens is 3. The zero-order valence-electron chi connectivity index (χ0n) is 17.4. The van der Waals surface area contributed by atoms with E-state index in [-0.39, 0.29) is 5.56 Å². The highest BCUT2D eigenvalue weighted by atomic mass is 19.2. The highest BCUT2D eigenvalue weighted by Gasteiger charge is 2.30. The van der Waals surface area contributed by atoms with Crippen LogP contribution in [-0.4, -0.2) is 4.98 Å². The van der Waals surface area contributed by atoms with E-state index in [0.29, 0.717) is 12.3 Å². The van der Waals surface area contributed by atoms with Crippen LogP contribution in [0.1, 0.15) is 96.0 Å². The molecule has 0 unspecified atom stereocenters. The SMILES string of the molecule is CCCCC[C@H]1CC[C@H](C2CCC(CCc3cc(F)c(F)nc3F)CC2)CC1. The Morgan fingerprint density at radius 2 is 1.36 bits per heavy atom. The first-order valence-corrected chi connectivity index (χ1v) is 11.6. The van der Waals surface area contributed by atoms with E-state index in [9.17, 15) is 13.2 Å². The van der Waals surface area contributed by atoms with Crippen LogP contribution >= 0.6 is 0 Å². The number of aryl methyl sites for hydroxylation is 1. The Morgan fingerprint density at radius 3 is 1.93 bits per heavy atom. The average Bonchev–Trinajstić information content (AvgIpc) is 2.71. The fraction of sp³-hybridized carbons (Fsp3) is 0.792. The second kappa shape index (κ2) is 10.6. The van der Waals surface area contributed by atoms with Crippen LogP contribution in [0.3, 0.4) is 0 Å². The first kappa shape index (κ1) is 21.6. The molecule has 1 aromatic heterocycles. The number of hydrogen-bond acceptors (Lipinski definition) is 1. The Labute approximate surface area is 168 Å². The van der Waals surface area contributed by atoms with Crippen molar-refractivity contribution < 1.29 is 13.2 Å². The van der Waals surface area contributed by atoms with Crippen LogP contribution in [0.2, 0.25) is 0 Å². The predicted octanol–water partition coefficient (Wildman–Crippen LogP) is 7.62. The maximum absolute atomic E-state index is 13.7. The maximum atomic E-state index is 13.7. The number of pyridine rings is 1. The van der Waals surface area contributed by atoms with Gasteiger partial charge in [0.25, 0.3) is 5.95 Å². The van der Waals surface area contributed by atoms with Crippen molar-refractivity contribution in [1.82, 2.24) is 4.98 Å². The monoisotopic (exact) mass is 395 g/mol. The van der Waals surface area contributed by atoms with Crippen molar-refractivity contribution in [3.63, 3.8) is 0 Å². The molecule has 0 amide bonds. The molecule has 1 aromatic rings. The molecule has 0 bridgehead atoms. The molecule has 0 radical (unpaired) electrons. The topological polar surface area (TPSA) is 12.9 Å². The fourth-order valence-electron chi connectivity index (χ4n) is 5.60. The van der Waals surface area contributed by atoms with Gasteiger partial charge >= 0.3 is 0 Å². The number of aromatic nitrogens is 1. The molecule has 2 aliphatic rings. The largest absolute Gasteiger partial charge is 0.251 e. The van der Waals surface area contributed by atoms with Crippen LogP contribution in [0.15, 0.2) is 6.07 Å². The average molecular weight is 396 g/mol. The van der Waals surface area contributed by atoms with Crippen LogP contribution < -0.4 is 0 Å². The predicted molar refractivity (Wildman–Crippen MR) is 107 cm³/mol. The summed E-state index contributed by atoms with van der Waals surface area (Å²) in [6, 6.07) is 0.974. The van der Waals surface area contributed by atoms with E-state index in [1.165, 1.54) is 77.0 Å². The summed E-state index contributed by atoms with van der Waals surface area (Å²) in [6.45, 7) is 2.28. The molecule has 0 spiro atoms. The van der Waals surface area contributed by atoms with Gasteiger partial charge < -0.3 is 0 Å². The molecule has 4 heteroatoms. The van der Waals surface area contributed by atoms with E-state index >= 15 is 0 Å². The van der Waals surface area contributed by atoms with Crippen LogP contribution in [-0.2, 0) is 6.42 Å². The third kappa shape index (κ3) is 5.97. The van der Waals surface area contributed by atoms with Gasteiger partial charge in [0.05, 0.1) is 0 Å². The summed E-state index contributed by atoms with van der Waals surface area (Å²) in [4.78, 5) is 3.03. The summed E-state index contributed by atoms with van der Waals surface area (Å²) < 4.78 is 39.9. The Balaban J connectivity index is 1.37. The molecule has 1 heterocycles. The lowest BCUT2D eigenvalue weighted by molar-refractivity contribution is 0.140. The van der Waals surface area contributed by atoms with Crippen LogP contribution in [0.5, 0.6) is 0 Å². The summed E-state index contributed by atoms with van der Waals surface area (Å²) in [7, 11) is 0. The van der Waals surface area contributed by atoms with Crippen LogP contribution in [0.25, 0.3) is 0 Å². The lowest BCUT2D eigenvalue weighted by Crippen LogP contribution is -2.26. The van der Waals surface area contributed by atoms with Crippen molar-refractivity contribution >= 4 is 0 Å². The van der Waals surface area contributed by atoms with Crippen molar-refractivity contribution in [3.8, 4) is 0 Å². The van der Waals surface area contributed by atoms with Gasteiger partial charge in [-0.05, 0) is 68.3 Å². The molecule has 0 saturated heterocycles. The summed E-state index contributed by atoms with van der Waals surface area (Å²) >= 11 is 0. The van der Waals surface area contributed by atoms with Gasteiger partial charge in [-0.2, -0.15) is 13.8 Å². The van der Waals surface area contributed by atoms with Gasteiger partial charge in [-0.1, -0.05) is 58.3 Å². The number of rotatable bonds is 8. The lowest BCUT2D eigenvalue weighted by Gasteiger charge is -2.38. The fourth-order valence-corrected chi connectivity index (χ4v) is 5.60. The highest BCUT2D eigenvalue weighted by Crippen LogP contribution is 2.43. The van der Waals surface area contributed by atoms with Crippen molar-refractivity contribution in [2.75, 3.05) is 0 Å². The Hall–Kier alpha value is -1.06. The molecule has 2 aliphatic carbocycles. The molecule has 1 nitrogen and oxygen atoms in total.